The van der Waals surface area contributed by atoms with Gasteiger partial charge in [0.2, 0.25) is 0 Å². The predicted octanol–water partition coefficient (Wildman–Crippen LogP) is 0.325. The van der Waals surface area contributed by atoms with E-state index in [1.54, 1.807) is 0 Å². The van der Waals surface area contributed by atoms with Crippen molar-refractivity contribution >= 4 is 21.8 Å². The van der Waals surface area contributed by atoms with Crippen LogP contribution in [0.1, 0.15) is 0 Å². The van der Waals surface area contributed by atoms with E-state index in [-0.39, 0.29) is 29.6 Å². The molecule has 1 aromatic heterocycles. The molecule has 0 spiro atoms. The van der Waals surface area contributed by atoms with Crippen LogP contribution in [0.3, 0.4) is 0 Å². The summed E-state index contributed by atoms with van der Waals surface area (Å²) in [5.41, 5.74) is 2.42. The molecule has 1 heterocycles. The molecule has 62 valence electrons. The average molecular weight is 190 g/mol. The summed E-state index contributed by atoms with van der Waals surface area (Å²) in [6.07, 6.45) is 0. The quantitative estimate of drug-likeness (QED) is 0.491. The zero-order valence-corrected chi connectivity index (χ0v) is 10.1. The smallest absolute Gasteiger partial charge is 0.355 e. The fourth-order valence-electron chi connectivity index (χ4n) is 1.80. The van der Waals surface area contributed by atoms with E-state index in [9.17, 15) is 0 Å². The van der Waals surface area contributed by atoms with Crippen LogP contribution in [0.5, 0.6) is 0 Å². The van der Waals surface area contributed by atoms with E-state index in [2.05, 4.69) is 53.5 Å². The summed E-state index contributed by atoms with van der Waals surface area (Å²) in [5.74, 6) is 0. The van der Waals surface area contributed by atoms with Gasteiger partial charge in [0.05, 0.1) is 0 Å². The summed E-state index contributed by atoms with van der Waals surface area (Å²) in [6.45, 7) is 0. The number of H-pyrrole nitrogens is 1. The third-order valence-electron chi connectivity index (χ3n) is 2.41. The van der Waals surface area contributed by atoms with Gasteiger partial charge >= 0.3 is 29.6 Å². The van der Waals surface area contributed by atoms with Crippen molar-refractivity contribution in [1.29, 1.82) is 0 Å². The van der Waals surface area contributed by atoms with Crippen LogP contribution in [0.2, 0.25) is 0 Å². The Morgan fingerprint density at radius 3 is 1.57 bits per heavy atom. The standard InChI is InChI=1S/C12H9N.Na/c1-3-7-11-9(5-1)10-6-2-4-8-12(10)13-11;/h1-8,13H;/q;+1. The van der Waals surface area contributed by atoms with Gasteiger partial charge in [-0.1, -0.05) is 36.4 Å². The maximum atomic E-state index is 3.38. The van der Waals surface area contributed by atoms with Crippen LogP contribution in [-0.2, 0) is 0 Å². The molecule has 0 aliphatic rings. The van der Waals surface area contributed by atoms with Crippen LogP contribution in [0.15, 0.2) is 48.5 Å². The first kappa shape index (κ1) is 9.78. The zero-order chi connectivity index (χ0) is 8.67. The van der Waals surface area contributed by atoms with E-state index < -0.39 is 0 Å². The summed E-state index contributed by atoms with van der Waals surface area (Å²) in [5, 5.41) is 2.61. The molecule has 0 amide bonds. The Kier molecular flexibility index (Phi) is 2.64. The van der Waals surface area contributed by atoms with Crippen molar-refractivity contribution in [3.63, 3.8) is 0 Å². The second-order valence-electron chi connectivity index (χ2n) is 3.22. The van der Waals surface area contributed by atoms with Gasteiger partial charge in [-0.25, -0.2) is 0 Å². The number of fused-ring (bicyclic) bond motifs is 3. The second-order valence-corrected chi connectivity index (χ2v) is 3.22. The molecular formula is C12H9NNa+. The predicted molar refractivity (Wildman–Crippen MR) is 55.8 cm³/mol. The van der Waals surface area contributed by atoms with Gasteiger partial charge < -0.3 is 4.98 Å². The van der Waals surface area contributed by atoms with Gasteiger partial charge in [-0.3, -0.25) is 0 Å². The molecule has 14 heavy (non-hydrogen) atoms. The van der Waals surface area contributed by atoms with E-state index in [1.165, 1.54) is 21.8 Å². The van der Waals surface area contributed by atoms with E-state index in [1.807, 2.05) is 0 Å². The van der Waals surface area contributed by atoms with Gasteiger partial charge in [-0.2, -0.15) is 0 Å². The molecule has 0 saturated heterocycles. The number of benzene rings is 2. The summed E-state index contributed by atoms with van der Waals surface area (Å²) in [4.78, 5) is 3.38. The van der Waals surface area contributed by atoms with Gasteiger partial charge in [0, 0.05) is 21.8 Å². The number of hydrogen-bond acceptors (Lipinski definition) is 0. The van der Waals surface area contributed by atoms with Gasteiger partial charge in [0.1, 0.15) is 0 Å². The van der Waals surface area contributed by atoms with Crippen molar-refractivity contribution in [1.82, 2.24) is 4.98 Å². The van der Waals surface area contributed by atoms with Crippen molar-refractivity contribution < 1.29 is 29.6 Å². The molecule has 0 fully saturated rings. The van der Waals surface area contributed by atoms with Gasteiger partial charge in [-0.05, 0) is 12.1 Å². The van der Waals surface area contributed by atoms with Gasteiger partial charge in [0.15, 0.2) is 0 Å². The monoisotopic (exact) mass is 190 g/mol. The molecule has 0 saturated carbocycles. The average Bonchev–Trinajstić information content (AvgIpc) is 2.56. The third kappa shape index (κ3) is 1.38. The van der Waals surface area contributed by atoms with Crippen molar-refractivity contribution in [2.24, 2.45) is 0 Å². The Balaban J connectivity index is 0.000000750. The minimum Gasteiger partial charge on any atom is -0.355 e. The summed E-state index contributed by atoms with van der Waals surface area (Å²) in [7, 11) is 0. The third-order valence-corrected chi connectivity index (χ3v) is 2.41. The topological polar surface area (TPSA) is 15.8 Å². The molecule has 1 N–H and O–H groups in total. The molecular weight excluding hydrogens is 181 g/mol. The Hall–Kier alpha value is -0.760. The number of aromatic nitrogens is 1. The fraction of sp³-hybridized carbons (Fsp3) is 0. The molecule has 0 unspecified atom stereocenters. The maximum absolute atomic E-state index is 3.38. The molecule has 0 aliphatic carbocycles. The molecule has 2 heteroatoms. The Labute approximate surface area is 104 Å². The number of rotatable bonds is 0. The first-order valence-electron chi connectivity index (χ1n) is 4.40. The van der Waals surface area contributed by atoms with Crippen molar-refractivity contribution in [3.8, 4) is 0 Å². The van der Waals surface area contributed by atoms with Gasteiger partial charge in [-0.15, -0.1) is 0 Å². The summed E-state index contributed by atoms with van der Waals surface area (Å²) < 4.78 is 0. The number of para-hydroxylation sites is 2. The Bertz CT molecular complexity index is 518. The molecule has 2 aromatic carbocycles. The van der Waals surface area contributed by atoms with Gasteiger partial charge in [0.25, 0.3) is 0 Å². The fourth-order valence-corrected chi connectivity index (χ4v) is 1.80. The van der Waals surface area contributed by atoms with Crippen LogP contribution >= 0.6 is 0 Å². The second kappa shape index (κ2) is 3.77. The van der Waals surface area contributed by atoms with Crippen molar-refractivity contribution in [2.75, 3.05) is 0 Å². The first-order chi connectivity index (χ1) is 6.45. The molecule has 1 nitrogen and oxygen atoms in total. The maximum Gasteiger partial charge on any atom is 1.00 e. The SMILES string of the molecule is [Na+].c1ccc2c(c1)[nH]c1ccccc12. The van der Waals surface area contributed by atoms with Crippen LogP contribution < -0.4 is 29.6 Å². The van der Waals surface area contributed by atoms with Crippen LogP contribution in [-0.4, -0.2) is 4.98 Å². The van der Waals surface area contributed by atoms with E-state index >= 15 is 0 Å². The minimum atomic E-state index is 0. The molecule has 0 bridgehead atoms. The van der Waals surface area contributed by atoms with Crippen molar-refractivity contribution in [3.05, 3.63) is 48.5 Å². The van der Waals surface area contributed by atoms with Crippen LogP contribution in [0, 0.1) is 0 Å². The largest absolute Gasteiger partial charge is 1.00 e. The summed E-state index contributed by atoms with van der Waals surface area (Å²) in [6, 6.07) is 16.8. The number of aromatic amines is 1. The summed E-state index contributed by atoms with van der Waals surface area (Å²) >= 11 is 0. The molecule has 0 radical (unpaired) electrons. The molecule has 0 aliphatic heterocycles. The van der Waals surface area contributed by atoms with E-state index in [0.29, 0.717) is 0 Å². The minimum absolute atomic E-state index is 0. The van der Waals surface area contributed by atoms with E-state index in [0.717, 1.165) is 0 Å². The zero-order valence-electron chi connectivity index (χ0n) is 8.12. The van der Waals surface area contributed by atoms with Crippen molar-refractivity contribution in [2.45, 2.75) is 0 Å². The molecule has 3 rings (SSSR count). The molecule has 0 atom stereocenters. The van der Waals surface area contributed by atoms with E-state index in [4.69, 9.17) is 0 Å². The first-order valence-corrected chi connectivity index (χ1v) is 4.40. The number of nitrogens with one attached hydrogen (secondary N) is 1. The normalized spacial score (nSPS) is 10.3. The van der Waals surface area contributed by atoms with Crippen LogP contribution in [0.4, 0.5) is 0 Å². The molecule has 3 aromatic rings. The number of hydrogen-bond donors (Lipinski definition) is 1. The Morgan fingerprint density at radius 2 is 1.07 bits per heavy atom. The Morgan fingerprint density at radius 1 is 0.643 bits per heavy atom. The van der Waals surface area contributed by atoms with Crippen LogP contribution in [0.25, 0.3) is 21.8 Å².